The Labute approximate surface area is 204 Å². The van der Waals surface area contributed by atoms with Crippen molar-refractivity contribution in [2.75, 3.05) is 30.4 Å². The normalized spacial score (nSPS) is 10.9. The fourth-order valence-corrected chi connectivity index (χ4v) is 5.07. The summed E-state index contributed by atoms with van der Waals surface area (Å²) >= 11 is 0. The summed E-state index contributed by atoms with van der Waals surface area (Å²) in [5, 5.41) is 2.69. The van der Waals surface area contributed by atoms with E-state index in [1.54, 1.807) is 67.6 Å². The van der Waals surface area contributed by atoms with Crippen molar-refractivity contribution in [2.24, 2.45) is 5.73 Å². The van der Waals surface area contributed by atoms with Crippen LogP contribution in [0.4, 0.5) is 11.4 Å². The summed E-state index contributed by atoms with van der Waals surface area (Å²) in [6.07, 6.45) is 0.0794. The standard InChI is InChI=1S/C25H27N3O6S/c1-17-4-13-22(34-3)23(14-17)35(31,32)28(20-9-11-21(33-2)12-10-20)16-25(30)27-19-7-5-18(6-8-19)15-24(26)29/h4-14H,15-16H2,1-3H3,(H2,26,29)(H,27,30). The Morgan fingerprint density at radius 2 is 1.60 bits per heavy atom. The van der Waals surface area contributed by atoms with E-state index in [1.807, 2.05) is 0 Å². The second-order valence-electron chi connectivity index (χ2n) is 7.75. The Morgan fingerprint density at radius 3 is 2.17 bits per heavy atom. The highest BCUT2D eigenvalue weighted by Crippen LogP contribution is 2.31. The molecule has 0 saturated carbocycles. The number of aryl methyl sites for hydroxylation is 1. The van der Waals surface area contributed by atoms with Crippen molar-refractivity contribution in [3.05, 3.63) is 77.9 Å². The highest BCUT2D eigenvalue weighted by Gasteiger charge is 2.30. The number of primary amides is 1. The molecule has 0 spiro atoms. The highest BCUT2D eigenvalue weighted by molar-refractivity contribution is 7.93. The second kappa shape index (κ2) is 10.9. The molecule has 9 nitrogen and oxygen atoms in total. The molecule has 0 aliphatic rings. The van der Waals surface area contributed by atoms with Gasteiger partial charge in [-0.1, -0.05) is 18.2 Å². The third-order valence-electron chi connectivity index (χ3n) is 5.15. The van der Waals surface area contributed by atoms with Gasteiger partial charge in [0.15, 0.2) is 0 Å². The molecule has 3 aromatic carbocycles. The van der Waals surface area contributed by atoms with E-state index in [1.165, 1.54) is 20.3 Å². The SMILES string of the molecule is COc1ccc(N(CC(=O)Nc2ccc(CC(N)=O)cc2)S(=O)(=O)c2cc(C)ccc2OC)cc1. The van der Waals surface area contributed by atoms with Crippen LogP contribution < -0.4 is 24.8 Å². The van der Waals surface area contributed by atoms with Gasteiger partial charge in [-0.15, -0.1) is 0 Å². The molecule has 184 valence electrons. The number of anilines is 2. The Balaban J connectivity index is 1.94. The lowest BCUT2D eigenvalue weighted by Gasteiger charge is -2.25. The quantitative estimate of drug-likeness (QED) is 0.443. The molecule has 0 heterocycles. The maximum absolute atomic E-state index is 13.7. The molecule has 3 aromatic rings. The van der Waals surface area contributed by atoms with Gasteiger partial charge < -0.3 is 20.5 Å². The van der Waals surface area contributed by atoms with Crippen molar-refractivity contribution < 1.29 is 27.5 Å². The Morgan fingerprint density at radius 1 is 0.943 bits per heavy atom. The Bertz CT molecular complexity index is 1310. The summed E-state index contributed by atoms with van der Waals surface area (Å²) in [6, 6.07) is 17.7. The fourth-order valence-electron chi connectivity index (χ4n) is 3.41. The second-order valence-corrected chi connectivity index (χ2v) is 9.58. The predicted octanol–water partition coefficient (Wildman–Crippen LogP) is 2.87. The Hall–Kier alpha value is -4.05. The van der Waals surface area contributed by atoms with Crippen molar-refractivity contribution in [1.29, 1.82) is 0 Å². The third-order valence-corrected chi connectivity index (χ3v) is 6.95. The average Bonchev–Trinajstić information content (AvgIpc) is 2.83. The van der Waals surface area contributed by atoms with Crippen LogP contribution in [0.25, 0.3) is 0 Å². The maximum Gasteiger partial charge on any atom is 0.268 e. The van der Waals surface area contributed by atoms with Crippen LogP contribution in [0.2, 0.25) is 0 Å². The van der Waals surface area contributed by atoms with E-state index in [0.717, 1.165) is 9.87 Å². The maximum atomic E-state index is 13.7. The van der Waals surface area contributed by atoms with Crippen LogP contribution in [0.1, 0.15) is 11.1 Å². The van der Waals surface area contributed by atoms with E-state index in [9.17, 15) is 18.0 Å². The molecule has 0 aromatic heterocycles. The molecule has 10 heteroatoms. The molecule has 0 radical (unpaired) electrons. The molecule has 0 atom stereocenters. The van der Waals surface area contributed by atoms with Gasteiger partial charge in [0, 0.05) is 5.69 Å². The number of nitrogens with two attached hydrogens (primary N) is 1. The number of amides is 2. The van der Waals surface area contributed by atoms with Gasteiger partial charge in [-0.3, -0.25) is 13.9 Å². The van der Waals surface area contributed by atoms with E-state index in [2.05, 4.69) is 5.32 Å². The van der Waals surface area contributed by atoms with Crippen molar-refractivity contribution in [3.63, 3.8) is 0 Å². The molecule has 2 amide bonds. The minimum Gasteiger partial charge on any atom is -0.497 e. The highest BCUT2D eigenvalue weighted by atomic mass is 32.2. The van der Waals surface area contributed by atoms with Crippen LogP contribution in [0, 0.1) is 6.92 Å². The number of nitrogens with zero attached hydrogens (tertiary/aromatic N) is 1. The van der Waals surface area contributed by atoms with Crippen LogP contribution in [0.15, 0.2) is 71.6 Å². The summed E-state index contributed by atoms with van der Waals surface area (Å²) < 4.78 is 39.0. The van der Waals surface area contributed by atoms with Crippen molar-refractivity contribution in [3.8, 4) is 11.5 Å². The molecule has 3 rings (SSSR count). The summed E-state index contributed by atoms with van der Waals surface area (Å²) in [7, 11) is -1.30. The van der Waals surface area contributed by atoms with Crippen LogP contribution >= 0.6 is 0 Å². The summed E-state index contributed by atoms with van der Waals surface area (Å²) in [5.41, 5.74) is 7.35. The number of hydrogen-bond acceptors (Lipinski definition) is 6. The number of benzene rings is 3. The number of hydrogen-bond donors (Lipinski definition) is 2. The summed E-state index contributed by atoms with van der Waals surface area (Å²) in [5.74, 6) is -0.313. The van der Waals surface area contributed by atoms with E-state index in [-0.39, 0.29) is 22.8 Å². The number of nitrogens with one attached hydrogen (secondary N) is 1. The average molecular weight is 498 g/mol. The van der Waals surface area contributed by atoms with Gasteiger partial charge in [-0.2, -0.15) is 0 Å². The smallest absolute Gasteiger partial charge is 0.268 e. The molecule has 0 bridgehead atoms. The first-order chi connectivity index (χ1) is 16.6. The number of rotatable bonds is 10. The zero-order valence-electron chi connectivity index (χ0n) is 19.6. The molecular formula is C25H27N3O6S. The lowest BCUT2D eigenvalue weighted by Crippen LogP contribution is -2.38. The van der Waals surface area contributed by atoms with Crippen LogP contribution in [-0.2, 0) is 26.0 Å². The molecule has 0 unspecified atom stereocenters. The monoisotopic (exact) mass is 497 g/mol. The molecular weight excluding hydrogens is 470 g/mol. The van der Waals surface area contributed by atoms with Crippen molar-refractivity contribution in [1.82, 2.24) is 0 Å². The minimum atomic E-state index is -4.19. The number of sulfonamides is 1. The lowest BCUT2D eigenvalue weighted by molar-refractivity contribution is -0.117. The molecule has 3 N–H and O–H groups in total. The predicted molar refractivity (Wildman–Crippen MR) is 133 cm³/mol. The first-order valence-corrected chi connectivity index (χ1v) is 12.1. The molecule has 0 saturated heterocycles. The van der Waals surface area contributed by atoms with Crippen molar-refractivity contribution in [2.45, 2.75) is 18.2 Å². The van der Waals surface area contributed by atoms with E-state index in [0.29, 0.717) is 17.0 Å². The topological polar surface area (TPSA) is 128 Å². The third kappa shape index (κ3) is 6.30. The molecule has 35 heavy (non-hydrogen) atoms. The van der Waals surface area contributed by atoms with E-state index in [4.69, 9.17) is 15.2 Å². The zero-order chi connectivity index (χ0) is 25.6. The van der Waals surface area contributed by atoms with Gasteiger partial charge in [0.2, 0.25) is 11.8 Å². The van der Waals surface area contributed by atoms with E-state index >= 15 is 0 Å². The van der Waals surface area contributed by atoms with Crippen LogP contribution in [0.3, 0.4) is 0 Å². The summed E-state index contributed by atoms with van der Waals surface area (Å²) in [6.45, 7) is 1.28. The molecule has 0 aliphatic carbocycles. The number of carbonyl (C=O) groups excluding carboxylic acids is 2. The summed E-state index contributed by atoms with van der Waals surface area (Å²) in [4.78, 5) is 24.0. The van der Waals surface area contributed by atoms with Gasteiger partial charge in [-0.25, -0.2) is 8.42 Å². The van der Waals surface area contributed by atoms with Gasteiger partial charge in [0.05, 0.1) is 26.3 Å². The van der Waals surface area contributed by atoms with Gasteiger partial charge in [0.25, 0.3) is 10.0 Å². The van der Waals surface area contributed by atoms with Gasteiger partial charge >= 0.3 is 0 Å². The molecule has 0 aliphatic heterocycles. The van der Waals surface area contributed by atoms with Gasteiger partial charge in [-0.05, 0) is 66.6 Å². The largest absolute Gasteiger partial charge is 0.497 e. The number of methoxy groups -OCH3 is 2. The Kier molecular flexibility index (Phi) is 7.98. The first-order valence-electron chi connectivity index (χ1n) is 10.6. The molecule has 0 fully saturated rings. The minimum absolute atomic E-state index is 0.0561. The van der Waals surface area contributed by atoms with Gasteiger partial charge in [0.1, 0.15) is 22.9 Å². The zero-order valence-corrected chi connectivity index (χ0v) is 20.5. The van der Waals surface area contributed by atoms with Crippen molar-refractivity contribution >= 4 is 33.2 Å². The first kappa shape index (κ1) is 25.6. The number of ether oxygens (including phenoxy) is 2. The lowest BCUT2D eigenvalue weighted by atomic mass is 10.1. The number of carbonyl (C=O) groups is 2. The van der Waals surface area contributed by atoms with Crippen LogP contribution in [-0.4, -0.2) is 41.0 Å². The fraction of sp³-hybridized carbons (Fsp3) is 0.200. The van der Waals surface area contributed by atoms with Crippen LogP contribution in [0.5, 0.6) is 11.5 Å². The van der Waals surface area contributed by atoms with E-state index < -0.39 is 28.4 Å².